The predicted molar refractivity (Wildman–Crippen MR) is 79.8 cm³/mol. The van der Waals surface area contributed by atoms with Crippen molar-refractivity contribution in [3.05, 3.63) is 28.2 Å². The lowest BCUT2D eigenvalue weighted by Crippen LogP contribution is -2.37. The highest BCUT2D eigenvalue weighted by Gasteiger charge is 2.21. The number of ether oxygens (including phenoxy) is 1. The summed E-state index contributed by atoms with van der Waals surface area (Å²) in [5.41, 5.74) is 0.800. The molecule has 0 aromatic heterocycles. The highest BCUT2D eigenvalue weighted by atomic mass is 79.9. The van der Waals surface area contributed by atoms with E-state index in [1.807, 2.05) is 19.9 Å². The molecule has 0 radical (unpaired) electrons. The highest BCUT2D eigenvalue weighted by Crippen LogP contribution is 2.21. The van der Waals surface area contributed by atoms with Gasteiger partial charge in [0, 0.05) is 17.6 Å². The smallest absolute Gasteiger partial charge is 0.241 e. The molecule has 1 N–H and O–H groups in total. The molecule has 0 saturated carbocycles. The van der Waals surface area contributed by atoms with Crippen LogP contribution in [0.4, 0.5) is 0 Å². The van der Waals surface area contributed by atoms with Crippen LogP contribution in [0.1, 0.15) is 25.8 Å². The highest BCUT2D eigenvalue weighted by molar-refractivity contribution is 9.10. The van der Waals surface area contributed by atoms with Crippen LogP contribution >= 0.6 is 15.9 Å². The van der Waals surface area contributed by atoms with Gasteiger partial charge < -0.3 is 4.74 Å². The third kappa shape index (κ3) is 4.56. The van der Waals surface area contributed by atoms with Gasteiger partial charge in [-0.05, 0) is 36.6 Å². The van der Waals surface area contributed by atoms with Crippen molar-refractivity contribution >= 4 is 26.0 Å². The van der Waals surface area contributed by atoms with Crippen LogP contribution in [0, 0.1) is 0 Å². The number of sulfonamides is 1. The lowest BCUT2D eigenvalue weighted by atomic mass is 10.2. The number of methoxy groups -OCH3 is 1. The van der Waals surface area contributed by atoms with Gasteiger partial charge in [0.2, 0.25) is 10.0 Å². The number of hydrogen-bond donors (Lipinski definition) is 1. The molecule has 4 nitrogen and oxygen atoms in total. The summed E-state index contributed by atoms with van der Waals surface area (Å²) >= 11 is 3.36. The van der Waals surface area contributed by atoms with E-state index in [0.717, 1.165) is 10.0 Å². The standard InChI is InChI=1S/C13H20BrNO3S/c1-4-10-8-11(14)6-7-13(10)19(16,17)15-12(5-2)9-18-3/h6-8,12,15H,4-5,9H2,1-3H3. The zero-order valence-electron chi connectivity index (χ0n) is 11.4. The fourth-order valence-corrected chi connectivity index (χ4v) is 3.81. The number of rotatable bonds is 7. The summed E-state index contributed by atoms with van der Waals surface area (Å²) < 4.78 is 33.4. The molecule has 0 bridgehead atoms. The topological polar surface area (TPSA) is 55.4 Å². The van der Waals surface area contributed by atoms with Gasteiger partial charge in [0.25, 0.3) is 0 Å². The van der Waals surface area contributed by atoms with Crippen molar-refractivity contribution in [1.29, 1.82) is 0 Å². The third-order valence-electron chi connectivity index (χ3n) is 2.88. The largest absolute Gasteiger partial charge is 0.383 e. The molecule has 0 heterocycles. The van der Waals surface area contributed by atoms with Crippen LogP contribution in [0.3, 0.4) is 0 Å². The first-order chi connectivity index (χ1) is 8.94. The second kappa shape index (κ2) is 7.38. The SMILES string of the molecule is CCc1cc(Br)ccc1S(=O)(=O)NC(CC)COC. The van der Waals surface area contributed by atoms with Gasteiger partial charge in [-0.2, -0.15) is 0 Å². The van der Waals surface area contributed by atoms with E-state index in [9.17, 15) is 8.42 Å². The summed E-state index contributed by atoms with van der Waals surface area (Å²) in [7, 11) is -1.94. The molecule has 0 fully saturated rings. The third-order valence-corrected chi connectivity index (χ3v) is 4.99. The van der Waals surface area contributed by atoms with Gasteiger partial charge in [-0.15, -0.1) is 0 Å². The maximum atomic E-state index is 12.4. The van der Waals surface area contributed by atoms with E-state index in [2.05, 4.69) is 20.7 Å². The van der Waals surface area contributed by atoms with Gasteiger partial charge in [-0.1, -0.05) is 29.8 Å². The van der Waals surface area contributed by atoms with Crippen molar-refractivity contribution in [1.82, 2.24) is 4.72 Å². The van der Waals surface area contributed by atoms with Gasteiger partial charge in [0.1, 0.15) is 0 Å². The Morgan fingerprint density at radius 2 is 2.05 bits per heavy atom. The molecule has 1 aromatic rings. The summed E-state index contributed by atoms with van der Waals surface area (Å²) in [5.74, 6) is 0. The number of halogens is 1. The maximum Gasteiger partial charge on any atom is 0.241 e. The molecule has 108 valence electrons. The first-order valence-electron chi connectivity index (χ1n) is 6.24. The van der Waals surface area contributed by atoms with Gasteiger partial charge in [-0.25, -0.2) is 13.1 Å². The van der Waals surface area contributed by atoms with E-state index in [1.165, 1.54) is 0 Å². The van der Waals surface area contributed by atoms with Crippen LogP contribution in [-0.2, 0) is 21.2 Å². The van der Waals surface area contributed by atoms with Gasteiger partial charge in [-0.3, -0.25) is 0 Å². The molecule has 1 aromatic carbocycles. The summed E-state index contributed by atoms with van der Waals surface area (Å²) in [5, 5.41) is 0. The van der Waals surface area contributed by atoms with Crippen LogP contribution < -0.4 is 4.72 Å². The second-order valence-corrected chi connectivity index (χ2v) is 6.89. The Labute approximate surface area is 123 Å². The van der Waals surface area contributed by atoms with Crippen molar-refractivity contribution in [2.75, 3.05) is 13.7 Å². The lowest BCUT2D eigenvalue weighted by Gasteiger charge is -2.17. The lowest BCUT2D eigenvalue weighted by molar-refractivity contribution is 0.173. The minimum Gasteiger partial charge on any atom is -0.383 e. The summed E-state index contributed by atoms with van der Waals surface area (Å²) in [6, 6.07) is 5.00. The molecule has 1 rings (SSSR count). The summed E-state index contributed by atoms with van der Waals surface area (Å²) in [6.45, 7) is 4.23. The minimum atomic E-state index is -3.50. The van der Waals surface area contributed by atoms with Gasteiger partial charge in [0.05, 0.1) is 11.5 Å². The Bertz CT molecular complexity index is 517. The fraction of sp³-hybridized carbons (Fsp3) is 0.538. The van der Waals surface area contributed by atoms with Crippen LogP contribution in [-0.4, -0.2) is 28.2 Å². The Balaban J connectivity index is 3.06. The molecule has 0 aliphatic heterocycles. The number of hydrogen-bond acceptors (Lipinski definition) is 3. The Morgan fingerprint density at radius 3 is 2.58 bits per heavy atom. The molecule has 19 heavy (non-hydrogen) atoms. The first-order valence-corrected chi connectivity index (χ1v) is 8.51. The Kier molecular flexibility index (Phi) is 6.46. The van der Waals surface area contributed by atoms with Gasteiger partial charge >= 0.3 is 0 Å². The number of nitrogens with one attached hydrogen (secondary N) is 1. The second-order valence-electron chi connectivity index (χ2n) is 4.29. The molecule has 0 aliphatic rings. The molecule has 1 atom stereocenters. The van der Waals surface area contributed by atoms with Crippen molar-refractivity contribution < 1.29 is 13.2 Å². The van der Waals surface area contributed by atoms with Crippen molar-refractivity contribution in [2.45, 2.75) is 37.6 Å². The average Bonchev–Trinajstić information content (AvgIpc) is 2.37. The summed E-state index contributed by atoms with van der Waals surface area (Å²) in [6.07, 6.45) is 1.35. The van der Waals surface area contributed by atoms with Crippen molar-refractivity contribution in [3.63, 3.8) is 0 Å². The first kappa shape index (κ1) is 16.6. The van der Waals surface area contributed by atoms with Crippen LogP contribution in [0.25, 0.3) is 0 Å². The molecule has 0 spiro atoms. The predicted octanol–water partition coefficient (Wildman–Crippen LogP) is 2.71. The van der Waals surface area contributed by atoms with Crippen LogP contribution in [0.5, 0.6) is 0 Å². The molecule has 1 unspecified atom stereocenters. The van der Waals surface area contributed by atoms with Crippen molar-refractivity contribution in [3.8, 4) is 0 Å². The molecule has 6 heteroatoms. The maximum absolute atomic E-state index is 12.4. The average molecular weight is 350 g/mol. The van der Waals surface area contributed by atoms with Crippen LogP contribution in [0.15, 0.2) is 27.6 Å². The zero-order chi connectivity index (χ0) is 14.5. The quantitative estimate of drug-likeness (QED) is 0.823. The zero-order valence-corrected chi connectivity index (χ0v) is 13.8. The molecule has 0 aliphatic carbocycles. The molecule has 0 amide bonds. The number of aryl methyl sites for hydroxylation is 1. The Hall–Kier alpha value is -0.430. The van der Waals surface area contributed by atoms with Gasteiger partial charge in [0.15, 0.2) is 0 Å². The fourth-order valence-electron chi connectivity index (χ4n) is 1.81. The van der Waals surface area contributed by atoms with E-state index in [4.69, 9.17) is 4.74 Å². The van der Waals surface area contributed by atoms with Crippen molar-refractivity contribution in [2.24, 2.45) is 0 Å². The van der Waals surface area contributed by atoms with E-state index < -0.39 is 10.0 Å². The normalized spacial score (nSPS) is 13.5. The number of benzene rings is 1. The molecular formula is C13H20BrNO3S. The van der Waals surface area contributed by atoms with Crippen LogP contribution in [0.2, 0.25) is 0 Å². The van der Waals surface area contributed by atoms with E-state index in [-0.39, 0.29) is 6.04 Å². The molecule has 0 saturated heterocycles. The van der Waals surface area contributed by atoms with E-state index >= 15 is 0 Å². The minimum absolute atomic E-state index is 0.205. The summed E-state index contributed by atoms with van der Waals surface area (Å²) in [4.78, 5) is 0.341. The van der Waals surface area contributed by atoms with E-state index in [1.54, 1.807) is 19.2 Å². The molecular weight excluding hydrogens is 330 g/mol. The Morgan fingerprint density at radius 1 is 1.37 bits per heavy atom. The monoisotopic (exact) mass is 349 g/mol. The van der Waals surface area contributed by atoms with E-state index in [0.29, 0.717) is 24.3 Å².